The Balaban J connectivity index is 1.43. The SMILES string of the molecule is Cc1ccc(Cl)cc1N1CCN(C(=O)c2cnn(-c3ccccc3)c2)CC1. The topological polar surface area (TPSA) is 41.4 Å². The molecule has 2 aromatic carbocycles. The third-order valence-corrected chi connectivity index (χ3v) is 5.16. The molecule has 1 aliphatic rings. The van der Waals surface area contributed by atoms with E-state index in [1.807, 2.05) is 53.4 Å². The number of hydrogen-bond donors (Lipinski definition) is 0. The van der Waals surface area contributed by atoms with Crippen molar-refractivity contribution in [2.24, 2.45) is 0 Å². The largest absolute Gasteiger partial charge is 0.368 e. The molecule has 1 aromatic heterocycles. The predicted molar refractivity (Wildman–Crippen MR) is 108 cm³/mol. The molecule has 2 heterocycles. The zero-order valence-electron chi connectivity index (χ0n) is 15.2. The second kappa shape index (κ2) is 7.45. The molecule has 0 unspecified atom stereocenters. The van der Waals surface area contributed by atoms with Gasteiger partial charge in [0.15, 0.2) is 0 Å². The van der Waals surface area contributed by atoms with E-state index in [1.54, 1.807) is 17.1 Å². The molecule has 6 heteroatoms. The molecule has 1 fully saturated rings. The van der Waals surface area contributed by atoms with Crippen LogP contribution in [0, 0.1) is 6.92 Å². The van der Waals surface area contributed by atoms with Gasteiger partial charge in [0.1, 0.15) is 0 Å². The van der Waals surface area contributed by atoms with Gasteiger partial charge >= 0.3 is 0 Å². The van der Waals surface area contributed by atoms with Gasteiger partial charge in [-0.15, -0.1) is 0 Å². The summed E-state index contributed by atoms with van der Waals surface area (Å²) in [5, 5.41) is 5.07. The summed E-state index contributed by atoms with van der Waals surface area (Å²) >= 11 is 6.15. The first kappa shape index (κ1) is 17.6. The van der Waals surface area contributed by atoms with E-state index in [0.717, 1.165) is 29.5 Å². The van der Waals surface area contributed by atoms with Gasteiger partial charge in [-0.2, -0.15) is 5.10 Å². The van der Waals surface area contributed by atoms with Gasteiger partial charge in [0, 0.05) is 43.1 Å². The number of anilines is 1. The smallest absolute Gasteiger partial charge is 0.257 e. The maximum absolute atomic E-state index is 12.8. The Bertz CT molecular complexity index is 946. The van der Waals surface area contributed by atoms with E-state index in [9.17, 15) is 4.79 Å². The molecule has 1 saturated heterocycles. The van der Waals surface area contributed by atoms with E-state index in [-0.39, 0.29) is 5.91 Å². The van der Waals surface area contributed by atoms with Crippen LogP contribution < -0.4 is 4.90 Å². The fourth-order valence-corrected chi connectivity index (χ4v) is 3.58. The Morgan fingerprint density at radius 1 is 1.04 bits per heavy atom. The second-order valence-electron chi connectivity index (χ2n) is 6.72. The molecule has 1 amide bonds. The Morgan fingerprint density at radius 2 is 1.78 bits per heavy atom. The number of carbonyl (C=O) groups excluding carboxylic acids is 1. The van der Waals surface area contributed by atoms with Crippen molar-refractivity contribution < 1.29 is 4.79 Å². The number of para-hydroxylation sites is 1. The molecule has 3 aromatic rings. The average Bonchev–Trinajstić information content (AvgIpc) is 3.20. The maximum Gasteiger partial charge on any atom is 0.257 e. The minimum absolute atomic E-state index is 0.0275. The van der Waals surface area contributed by atoms with Crippen LogP contribution in [0.5, 0.6) is 0 Å². The van der Waals surface area contributed by atoms with Crippen molar-refractivity contribution in [3.05, 3.63) is 77.1 Å². The van der Waals surface area contributed by atoms with E-state index in [1.165, 1.54) is 5.56 Å². The highest BCUT2D eigenvalue weighted by Gasteiger charge is 2.24. The highest BCUT2D eigenvalue weighted by atomic mass is 35.5. The van der Waals surface area contributed by atoms with Crippen LogP contribution in [-0.2, 0) is 0 Å². The Kier molecular flexibility index (Phi) is 4.86. The van der Waals surface area contributed by atoms with Gasteiger partial charge in [-0.1, -0.05) is 35.9 Å². The summed E-state index contributed by atoms with van der Waals surface area (Å²) in [5.74, 6) is 0.0275. The number of aryl methyl sites for hydroxylation is 1. The Labute approximate surface area is 163 Å². The van der Waals surface area contributed by atoms with Crippen molar-refractivity contribution in [3.8, 4) is 5.69 Å². The van der Waals surface area contributed by atoms with E-state index in [4.69, 9.17) is 11.6 Å². The first-order valence-corrected chi connectivity index (χ1v) is 9.40. The fraction of sp³-hybridized carbons (Fsp3) is 0.238. The van der Waals surface area contributed by atoms with E-state index < -0.39 is 0 Å². The van der Waals surface area contributed by atoms with Crippen LogP contribution >= 0.6 is 11.6 Å². The molecule has 0 aliphatic carbocycles. The third kappa shape index (κ3) is 3.69. The number of aromatic nitrogens is 2. The molecule has 1 aliphatic heterocycles. The molecule has 0 bridgehead atoms. The lowest BCUT2D eigenvalue weighted by Crippen LogP contribution is -2.49. The first-order chi connectivity index (χ1) is 13.1. The predicted octanol–water partition coefficient (Wildman–Crippen LogP) is 3.80. The average molecular weight is 381 g/mol. The molecule has 0 atom stereocenters. The lowest BCUT2D eigenvalue weighted by atomic mass is 10.1. The molecule has 0 N–H and O–H groups in total. The summed E-state index contributed by atoms with van der Waals surface area (Å²) in [6.07, 6.45) is 3.44. The third-order valence-electron chi connectivity index (χ3n) is 4.93. The van der Waals surface area contributed by atoms with Crippen LogP contribution in [0.4, 0.5) is 5.69 Å². The van der Waals surface area contributed by atoms with Gasteiger partial charge < -0.3 is 9.80 Å². The van der Waals surface area contributed by atoms with Gasteiger partial charge in [0.2, 0.25) is 0 Å². The van der Waals surface area contributed by atoms with Crippen LogP contribution in [0.1, 0.15) is 15.9 Å². The highest BCUT2D eigenvalue weighted by molar-refractivity contribution is 6.30. The molecule has 4 rings (SSSR count). The summed E-state index contributed by atoms with van der Waals surface area (Å²) in [6, 6.07) is 15.7. The summed E-state index contributed by atoms with van der Waals surface area (Å²) in [7, 11) is 0. The number of amides is 1. The zero-order chi connectivity index (χ0) is 18.8. The number of piperazine rings is 1. The molecular formula is C21H21ClN4O. The standard InChI is InChI=1S/C21H21ClN4O/c1-16-7-8-18(22)13-20(16)24-9-11-25(12-10-24)21(27)17-14-23-26(15-17)19-5-3-2-4-6-19/h2-8,13-15H,9-12H2,1H3. The van der Waals surface area contributed by atoms with Crippen molar-refractivity contribution in [2.75, 3.05) is 31.1 Å². The molecule has 0 radical (unpaired) electrons. The Hall–Kier alpha value is -2.79. The van der Waals surface area contributed by atoms with Gasteiger partial charge in [-0.25, -0.2) is 4.68 Å². The molecule has 5 nitrogen and oxygen atoms in total. The quantitative estimate of drug-likeness (QED) is 0.694. The first-order valence-electron chi connectivity index (χ1n) is 9.02. The highest BCUT2D eigenvalue weighted by Crippen LogP contribution is 2.25. The molecule has 0 saturated carbocycles. The van der Waals surface area contributed by atoms with Crippen molar-refractivity contribution in [1.29, 1.82) is 0 Å². The van der Waals surface area contributed by atoms with Crippen molar-refractivity contribution >= 4 is 23.2 Å². The van der Waals surface area contributed by atoms with Crippen LogP contribution in [0.3, 0.4) is 0 Å². The van der Waals surface area contributed by atoms with Crippen molar-refractivity contribution in [3.63, 3.8) is 0 Å². The zero-order valence-corrected chi connectivity index (χ0v) is 15.9. The summed E-state index contributed by atoms with van der Waals surface area (Å²) < 4.78 is 1.73. The molecule has 138 valence electrons. The minimum atomic E-state index is 0.0275. The number of nitrogens with zero attached hydrogens (tertiary/aromatic N) is 4. The number of halogens is 1. The number of benzene rings is 2. The van der Waals surface area contributed by atoms with Crippen molar-refractivity contribution in [2.45, 2.75) is 6.92 Å². The van der Waals surface area contributed by atoms with Crippen LogP contribution in [-0.4, -0.2) is 46.8 Å². The lowest BCUT2D eigenvalue weighted by molar-refractivity contribution is 0.0747. The summed E-state index contributed by atoms with van der Waals surface area (Å²) in [6.45, 7) is 5.03. The maximum atomic E-state index is 12.8. The second-order valence-corrected chi connectivity index (χ2v) is 7.16. The van der Waals surface area contributed by atoms with Crippen molar-refractivity contribution in [1.82, 2.24) is 14.7 Å². The Morgan fingerprint density at radius 3 is 2.52 bits per heavy atom. The van der Waals surface area contributed by atoms with E-state index in [0.29, 0.717) is 18.7 Å². The van der Waals surface area contributed by atoms with Gasteiger partial charge in [0.25, 0.3) is 5.91 Å². The number of hydrogen-bond acceptors (Lipinski definition) is 3. The van der Waals surface area contributed by atoms with Crippen LogP contribution in [0.15, 0.2) is 60.9 Å². The van der Waals surface area contributed by atoms with Gasteiger partial charge in [0.05, 0.1) is 17.4 Å². The minimum Gasteiger partial charge on any atom is -0.368 e. The summed E-state index contributed by atoms with van der Waals surface area (Å²) in [4.78, 5) is 17.0. The fourth-order valence-electron chi connectivity index (χ4n) is 3.41. The molecular weight excluding hydrogens is 360 g/mol. The number of rotatable bonds is 3. The normalized spacial score (nSPS) is 14.4. The summed E-state index contributed by atoms with van der Waals surface area (Å²) in [5.41, 5.74) is 3.90. The van der Waals surface area contributed by atoms with Gasteiger partial charge in [-0.05, 0) is 36.8 Å². The van der Waals surface area contributed by atoms with Gasteiger partial charge in [-0.3, -0.25) is 4.79 Å². The van der Waals surface area contributed by atoms with Crippen LogP contribution in [0.2, 0.25) is 5.02 Å². The molecule has 27 heavy (non-hydrogen) atoms. The monoisotopic (exact) mass is 380 g/mol. The number of carbonyl (C=O) groups is 1. The molecule has 0 spiro atoms. The van der Waals surface area contributed by atoms with Crippen LogP contribution in [0.25, 0.3) is 5.69 Å². The van der Waals surface area contributed by atoms with E-state index in [2.05, 4.69) is 16.9 Å². The van der Waals surface area contributed by atoms with E-state index >= 15 is 0 Å². The lowest BCUT2D eigenvalue weighted by Gasteiger charge is -2.36.